The monoisotopic (exact) mass is 217 g/mol. The molecule has 0 bridgehead atoms. The van der Waals surface area contributed by atoms with Gasteiger partial charge in [0, 0.05) is 12.4 Å². The summed E-state index contributed by atoms with van der Waals surface area (Å²) in [7, 11) is 0. The third kappa shape index (κ3) is 2.50. The number of rotatable bonds is 1. The maximum Gasteiger partial charge on any atom is 0.411 e. The number of anilines is 1. The highest BCUT2D eigenvalue weighted by molar-refractivity contribution is 9.10. The number of nitrogens with one attached hydrogen (secondary N) is 1. The second-order valence-corrected chi connectivity index (χ2v) is 2.57. The summed E-state index contributed by atoms with van der Waals surface area (Å²) in [5, 5.41) is 10.2. The highest BCUT2D eigenvalue weighted by atomic mass is 79.9. The smallest absolute Gasteiger partial charge is 0.411 e. The molecule has 0 radical (unpaired) electrons. The number of hydrogen-bond acceptors (Lipinski definition) is 3. The molecule has 0 aliphatic rings. The van der Waals surface area contributed by atoms with Crippen LogP contribution < -0.4 is 5.32 Å². The number of carboxylic acid groups (broad SMARTS) is 1. The zero-order chi connectivity index (χ0) is 8.27. The Bertz CT molecular complexity index is 261. The highest BCUT2D eigenvalue weighted by Gasteiger charge is 1.98. The van der Waals surface area contributed by atoms with Gasteiger partial charge in [-0.25, -0.2) is 14.8 Å². The van der Waals surface area contributed by atoms with Crippen LogP contribution in [0.25, 0.3) is 0 Å². The maximum absolute atomic E-state index is 10.1. The molecule has 5 nitrogen and oxygen atoms in total. The lowest BCUT2D eigenvalue weighted by Crippen LogP contribution is -2.09. The van der Waals surface area contributed by atoms with Crippen molar-refractivity contribution in [3.63, 3.8) is 0 Å². The van der Waals surface area contributed by atoms with Crippen LogP contribution in [0.3, 0.4) is 0 Å². The van der Waals surface area contributed by atoms with Gasteiger partial charge < -0.3 is 5.11 Å². The molecule has 11 heavy (non-hydrogen) atoms. The quantitative estimate of drug-likeness (QED) is 0.745. The Morgan fingerprint density at radius 3 is 2.55 bits per heavy atom. The number of carbonyl (C=O) groups is 1. The van der Waals surface area contributed by atoms with Crippen LogP contribution in [-0.4, -0.2) is 21.2 Å². The summed E-state index contributed by atoms with van der Waals surface area (Å²) in [6, 6.07) is 0. The van der Waals surface area contributed by atoms with Gasteiger partial charge in [0.05, 0.1) is 4.47 Å². The average Bonchev–Trinajstić information content (AvgIpc) is 1.93. The Labute approximate surface area is 70.6 Å². The van der Waals surface area contributed by atoms with Gasteiger partial charge >= 0.3 is 6.09 Å². The summed E-state index contributed by atoms with van der Waals surface area (Å²) >= 11 is 3.11. The zero-order valence-corrected chi connectivity index (χ0v) is 6.87. The highest BCUT2D eigenvalue weighted by Crippen LogP contribution is 2.06. The van der Waals surface area contributed by atoms with Crippen LogP contribution in [0.2, 0.25) is 0 Å². The minimum absolute atomic E-state index is 0.0701. The lowest BCUT2D eigenvalue weighted by atomic mass is 10.7. The standard InChI is InChI=1S/C5H4BrN3O2/c6-3-1-7-4(8-2-3)9-5(10)11/h1-2H,(H,10,11)(H,7,8,9). The molecular weight excluding hydrogens is 214 g/mol. The second kappa shape index (κ2) is 3.29. The van der Waals surface area contributed by atoms with E-state index in [4.69, 9.17) is 5.11 Å². The summed E-state index contributed by atoms with van der Waals surface area (Å²) in [6.45, 7) is 0. The number of hydrogen-bond donors (Lipinski definition) is 2. The third-order valence-corrected chi connectivity index (χ3v) is 1.25. The van der Waals surface area contributed by atoms with Gasteiger partial charge in [0.2, 0.25) is 5.95 Å². The molecule has 0 aliphatic carbocycles. The first-order chi connectivity index (χ1) is 5.18. The molecule has 0 aliphatic heterocycles. The molecular formula is C5H4BrN3O2. The molecule has 0 unspecified atom stereocenters. The lowest BCUT2D eigenvalue weighted by Gasteiger charge is -1.96. The van der Waals surface area contributed by atoms with E-state index in [1.807, 2.05) is 5.32 Å². The van der Waals surface area contributed by atoms with Gasteiger partial charge in [-0.15, -0.1) is 0 Å². The molecule has 0 aromatic carbocycles. The number of amides is 1. The first-order valence-corrected chi connectivity index (χ1v) is 3.45. The van der Waals surface area contributed by atoms with Crippen molar-refractivity contribution in [2.24, 2.45) is 0 Å². The van der Waals surface area contributed by atoms with Crippen molar-refractivity contribution in [1.82, 2.24) is 9.97 Å². The van der Waals surface area contributed by atoms with Gasteiger partial charge in [0.1, 0.15) is 0 Å². The summed E-state index contributed by atoms with van der Waals surface area (Å²) < 4.78 is 0.702. The van der Waals surface area contributed by atoms with Gasteiger partial charge in [0.15, 0.2) is 0 Å². The fraction of sp³-hybridized carbons (Fsp3) is 0. The van der Waals surface area contributed by atoms with Crippen molar-refractivity contribution in [3.05, 3.63) is 16.9 Å². The summed E-state index contributed by atoms with van der Waals surface area (Å²) in [5.74, 6) is 0.0701. The molecule has 0 saturated carbocycles. The van der Waals surface area contributed by atoms with Gasteiger partial charge in [0.25, 0.3) is 0 Å². The molecule has 58 valence electrons. The molecule has 2 N–H and O–H groups in total. The SMILES string of the molecule is O=C(O)Nc1ncc(Br)cn1. The fourth-order valence-electron chi connectivity index (χ4n) is 0.472. The predicted molar refractivity (Wildman–Crippen MR) is 41.4 cm³/mol. The van der Waals surface area contributed by atoms with Crippen molar-refractivity contribution >= 4 is 28.0 Å². The summed E-state index contributed by atoms with van der Waals surface area (Å²) in [4.78, 5) is 17.4. The molecule has 1 aromatic rings. The molecule has 1 aromatic heterocycles. The van der Waals surface area contributed by atoms with Crippen LogP contribution in [0.1, 0.15) is 0 Å². The topological polar surface area (TPSA) is 75.1 Å². The van der Waals surface area contributed by atoms with Crippen molar-refractivity contribution in [2.45, 2.75) is 0 Å². The summed E-state index contributed by atoms with van der Waals surface area (Å²) in [6.07, 6.45) is 1.74. The average molecular weight is 218 g/mol. The van der Waals surface area contributed by atoms with Gasteiger partial charge in [-0.05, 0) is 15.9 Å². The van der Waals surface area contributed by atoms with Crippen LogP contribution in [0.5, 0.6) is 0 Å². The Kier molecular flexibility index (Phi) is 2.37. The normalized spacial score (nSPS) is 9.18. The molecule has 6 heteroatoms. The minimum atomic E-state index is -1.17. The van der Waals surface area contributed by atoms with E-state index < -0.39 is 6.09 Å². The van der Waals surface area contributed by atoms with Crippen molar-refractivity contribution in [1.29, 1.82) is 0 Å². The molecule has 0 fully saturated rings. The van der Waals surface area contributed by atoms with Gasteiger partial charge in [-0.1, -0.05) is 0 Å². The van der Waals surface area contributed by atoms with E-state index in [1.165, 1.54) is 12.4 Å². The molecule has 0 saturated heterocycles. The number of aromatic nitrogens is 2. The van der Waals surface area contributed by atoms with Gasteiger partial charge in [-0.3, -0.25) is 5.32 Å². The maximum atomic E-state index is 10.1. The van der Waals surface area contributed by atoms with Crippen LogP contribution in [0.15, 0.2) is 16.9 Å². The molecule has 1 rings (SSSR count). The van der Waals surface area contributed by atoms with E-state index in [-0.39, 0.29) is 5.95 Å². The van der Waals surface area contributed by atoms with Crippen molar-refractivity contribution < 1.29 is 9.90 Å². The van der Waals surface area contributed by atoms with Crippen LogP contribution >= 0.6 is 15.9 Å². The largest absolute Gasteiger partial charge is 0.465 e. The molecule has 0 atom stereocenters. The van der Waals surface area contributed by atoms with E-state index in [0.717, 1.165) is 0 Å². The van der Waals surface area contributed by atoms with E-state index in [2.05, 4.69) is 25.9 Å². The van der Waals surface area contributed by atoms with Crippen molar-refractivity contribution in [3.8, 4) is 0 Å². The Morgan fingerprint density at radius 1 is 1.55 bits per heavy atom. The second-order valence-electron chi connectivity index (χ2n) is 1.66. The molecule has 0 spiro atoms. The van der Waals surface area contributed by atoms with Crippen LogP contribution in [0, 0.1) is 0 Å². The Balaban J connectivity index is 2.74. The van der Waals surface area contributed by atoms with E-state index in [1.54, 1.807) is 0 Å². The molecule has 1 amide bonds. The van der Waals surface area contributed by atoms with E-state index >= 15 is 0 Å². The fourth-order valence-corrected chi connectivity index (χ4v) is 0.677. The van der Waals surface area contributed by atoms with Crippen LogP contribution in [0.4, 0.5) is 10.7 Å². The Morgan fingerprint density at radius 2 is 2.09 bits per heavy atom. The lowest BCUT2D eigenvalue weighted by molar-refractivity contribution is 0.209. The Hall–Kier alpha value is -1.17. The first-order valence-electron chi connectivity index (χ1n) is 2.66. The third-order valence-electron chi connectivity index (χ3n) is 0.839. The van der Waals surface area contributed by atoms with E-state index in [9.17, 15) is 4.79 Å². The van der Waals surface area contributed by atoms with Crippen molar-refractivity contribution in [2.75, 3.05) is 5.32 Å². The van der Waals surface area contributed by atoms with E-state index in [0.29, 0.717) is 4.47 Å². The number of halogens is 1. The van der Waals surface area contributed by atoms with Crippen LogP contribution in [-0.2, 0) is 0 Å². The minimum Gasteiger partial charge on any atom is -0.465 e. The molecule has 1 heterocycles. The summed E-state index contributed by atoms with van der Waals surface area (Å²) in [5.41, 5.74) is 0. The first kappa shape index (κ1) is 7.93. The number of nitrogens with zero attached hydrogens (tertiary/aromatic N) is 2. The predicted octanol–water partition coefficient (Wildman–Crippen LogP) is 1.33. The van der Waals surface area contributed by atoms with Gasteiger partial charge in [-0.2, -0.15) is 0 Å². The zero-order valence-electron chi connectivity index (χ0n) is 5.28.